The van der Waals surface area contributed by atoms with Gasteiger partial charge in [0, 0.05) is 38.5 Å². The molecule has 0 unspecified atom stereocenters. The van der Waals surface area contributed by atoms with Crippen molar-refractivity contribution in [2.75, 3.05) is 36.4 Å². The van der Waals surface area contributed by atoms with Crippen LogP contribution in [0.4, 0.5) is 11.4 Å². The molecular weight excluding hydrogens is 270 g/mol. The van der Waals surface area contributed by atoms with Crippen molar-refractivity contribution in [3.05, 3.63) is 34.7 Å². The number of hydrogen-bond donors (Lipinski definition) is 2. The minimum absolute atomic E-state index is 0.174. The minimum Gasteiger partial charge on any atom is -0.419 e. The highest BCUT2D eigenvalue weighted by atomic mass is 16.4. The van der Waals surface area contributed by atoms with Gasteiger partial charge in [0.1, 0.15) is 5.69 Å². The highest BCUT2D eigenvalue weighted by Crippen LogP contribution is 2.27. The molecule has 1 aromatic carbocycles. The van der Waals surface area contributed by atoms with E-state index in [2.05, 4.69) is 15.5 Å². The first kappa shape index (κ1) is 13.6. The molecular formula is C15H17N3O3. The van der Waals surface area contributed by atoms with Gasteiger partial charge in [0.15, 0.2) is 5.58 Å². The van der Waals surface area contributed by atoms with E-state index < -0.39 is 5.63 Å². The van der Waals surface area contributed by atoms with E-state index in [1.54, 1.807) is 6.07 Å². The molecule has 2 heterocycles. The third-order valence-electron chi connectivity index (χ3n) is 3.51. The number of hydrogen-bond acceptors (Lipinski definition) is 5. The number of piperazine rings is 1. The normalized spacial score (nSPS) is 15.2. The summed E-state index contributed by atoms with van der Waals surface area (Å²) in [6.45, 7) is 4.92. The average molecular weight is 287 g/mol. The maximum absolute atomic E-state index is 12.0. The Bertz CT molecular complexity index is 733. The van der Waals surface area contributed by atoms with Crippen LogP contribution in [0, 0.1) is 0 Å². The van der Waals surface area contributed by atoms with Gasteiger partial charge in [-0.3, -0.25) is 4.79 Å². The zero-order valence-electron chi connectivity index (χ0n) is 11.8. The Labute approximate surface area is 121 Å². The third kappa shape index (κ3) is 2.75. The van der Waals surface area contributed by atoms with Crippen LogP contribution >= 0.6 is 0 Å². The molecule has 110 valence electrons. The van der Waals surface area contributed by atoms with Gasteiger partial charge in [-0.1, -0.05) is 12.1 Å². The Morgan fingerprint density at radius 3 is 2.81 bits per heavy atom. The second-order valence-electron chi connectivity index (χ2n) is 5.06. The highest BCUT2D eigenvalue weighted by Gasteiger charge is 2.16. The summed E-state index contributed by atoms with van der Waals surface area (Å²) in [6.07, 6.45) is 0. The van der Waals surface area contributed by atoms with E-state index in [9.17, 15) is 9.59 Å². The van der Waals surface area contributed by atoms with Crippen LogP contribution in [0.1, 0.15) is 6.92 Å². The fourth-order valence-corrected chi connectivity index (χ4v) is 2.56. The molecule has 1 amide bonds. The second-order valence-corrected chi connectivity index (χ2v) is 5.06. The van der Waals surface area contributed by atoms with Crippen LogP contribution in [0.5, 0.6) is 0 Å². The van der Waals surface area contributed by atoms with Gasteiger partial charge in [0.2, 0.25) is 5.91 Å². The van der Waals surface area contributed by atoms with Gasteiger partial charge in [-0.05, 0) is 12.1 Å². The molecule has 21 heavy (non-hydrogen) atoms. The number of para-hydroxylation sites is 1. The Morgan fingerprint density at radius 2 is 2.10 bits per heavy atom. The van der Waals surface area contributed by atoms with Crippen molar-refractivity contribution in [1.29, 1.82) is 0 Å². The largest absolute Gasteiger partial charge is 0.419 e. The lowest BCUT2D eigenvalue weighted by Crippen LogP contribution is -2.43. The molecule has 0 saturated carbocycles. The van der Waals surface area contributed by atoms with E-state index in [0.717, 1.165) is 37.3 Å². The molecule has 2 aromatic rings. The standard InChI is InChI=1S/C15H17N3O3/c1-10(19)17-12-9-11-3-2-4-13(14(11)21-15(12)20)18-7-5-16-6-8-18/h2-4,9,16H,5-8H2,1H3,(H,17,19). The van der Waals surface area contributed by atoms with E-state index in [1.807, 2.05) is 18.2 Å². The van der Waals surface area contributed by atoms with Crippen LogP contribution in [-0.2, 0) is 4.79 Å². The summed E-state index contributed by atoms with van der Waals surface area (Å²) in [5, 5.41) is 6.59. The Hall–Kier alpha value is -2.34. The maximum atomic E-state index is 12.0. The number of nitrogens with one attached hydrogen (secondary N) is 2. The molecule has 0 bridgehead atoms. The fourth-order valence-electron chi connectivity index (χ4n) is 2.56. The molecule has 1 aliphatic rings. The van der Waals surface area contributed by atoms with Gasteiger partial charge in [-0.2, -0.15) is 0 Å². The molecule has 1 aromatic heterocycles. The quantitative estimate of drug-likeness (QED) is 0.811. The fraction of sp³-hybridized carbons (Fsp3) is 0.333. The van der Waals surface area contributed by atoms with Crippen molar-refractivity contribution < 1.29 is 9.21 Å². The van der Waals surface area contributed by atoms with Crippen LogP contribution < -0.4 is 21.2 Å². The number of benzene rings is 1. The molecule has 1 aliphatic heterocycles. The lowest BCUT2D eigenvalue weighted by molar-refractivity contribution is -0.114. The van der Waals surface area contributed by atoms with Gasteiger partial charge >= 0.3 is 5.63 Å². The van der Waals surface area contributed by atoms with E-state index in [0.29, 0.717) is 5.58 Å². The molecule has 6 heteroatoms. The Kier molecular flexibility index (Phi) is 3.62. The highest BCUT2D eigenvalue weighted by molar-refractivity contribution is 5.94. The predicted octanol–water partition coefficient (Wildman–Crippen LogP) is 1.16. The molecule has 1 saturated heterocycles. The first-order valence-electron chi connectivity index (χ1n) is 6.95. The summed E-state index contributed by atoms with van der Waals surface area (Å²) in [7, 11) is 0. The second kappa shape index (κ2) is 5.57. The first-order chi connectivity index (χ1) is 10.1. The van der Waals surface area contributed by atoms with Gasteiger partial charge in [0.25, 0.3) is 0 Å². The minimum atomic E-state index is -0.528. The van der Waals surface area contributed by atoms with E-state index >= 15 is 0 Å². The Morgan fingerprint density at radius 1 is 1.33 bits per heavy atom. The summed E-state index contributed by atoms with van der Waals surface area (Å²) in [5.74, 6) is -0.292. The zero-order valence-corrected chi connectivity index (χ0v) is 11.8. The number of carbonyl (C=O) groups excluding carboxylic acids is 1. The van der Waals surface area contributed by atoms with Crippen LogP contribution in [0.3, 0.4) is 0 Å². The molecule has 0 atom stereocenters. The van der Waals surface area contributed by atoms with Gasteiger partial charge < -0.3 is 20.0 Å². The van der Waals surface area contributed by atoms with Crippen LogP contribution in [0.2, 0.25) is 0 Å². The summed E-state index contributed by atoms with van der Waals surface area (Å²) >= 11 is 0. The average Bonchev–Trinajstić information content (AvgIpc) is 2.48. The van der Waals surface area contributed by atoms with E-state index in [1.165, 1.54) is 6.92 Å². The molecule has 2 N–H and O–H groups in total. The van der Waals surface area contributed by atoms with Gasteiger partial charge in [-0.25, -0.2) is 4.79 Å². The monoisotopic (exact) mass is 287 g/mol. The molecule has 0 radical (unpaired) electrons. The van der Waals surface area contributed by atoms with Crippen molar-refractivity contribution in [2.24, 2.45) is 0 Å². The maximum Gasteiger partial charge on any atom is 0.360 e. The SMILES string of the molecule is CC(=O)Nc1cc2cccc(N3CCNCC3)c2oc1=O. The number of fused-ring (bicyclic) bond motifs is 1. The molecule has 6 nitrogen and oxygen atoms in total. The zero-order chi connectivity index (χ0) is 14.8. The van der Waals surface area contributed by atoms with Crippen molar-refractivity contribution in [3.63, 3.8) is 0 Å². The number of anilines is 2. The molecule has 3 rings (SSSR count). The van der Waals surface area contributed by atoms with E-state index in [-0.39, 0.29) is 11.6 Å². The lowest BCUT2D eigenvalue weighted by atomic mass is 10.1. The third-order valence-corrected chi connectivity index (χ3v) is 3.51. The van der Waals surface area contributed by atoms with Gasteiger partial charge in [0.05, 0.1) is 5.69 Å². The van der Waals surface area contributed by atoms with Crippen molar-refractivity contribution in [3.8, 4) is 0 Å². The smallest absolute Gasteiger partial charge is 0.360 e. The number of amides is 1. The number of rotatable bonds is 2. The molecule has 0 aliphatic carbocycles. The lowest BCUT2D eigenvalue weighted by Gasteiger charge is -2.29. The summed E-state index contributed by atoms with van der Waals surface area (Å²) in [5.41, 5.74) is 1.13. The number of nitrogens with zero attached hydrogens (tertiary/aromatic N) is 1. The molecule has 0 spiro atoms. The Balaban J connectivity index is 2.08. The van der Waals surface area contributed by atoms with Crippen molar-refractivity contribution in [2.45, 2.75) is 6.92 Å². The van der Waals surface area contributed by atoms with Crippen LogP contribution in [0.15, 0.2) is 33.5 Å². The topological polar surface area (TPSA) is 74.6 Å². The van der Waals surface area contributed by atoms with Crippen LogP contribution in [-0.4, -0.2) is 32.1 Å². The number of carbonyl (C=O) groups is 1. The van der Waals surface area contributed by atoms with Crippen molar-refractivity contribution in [1.82, 2.24) is 5.32 Å². The summed E-state index contributed by atoms with van der Waals surface area (Å²) < 4.78 is 5.45. The summed E-state index contributed by atoms with van der Waals surface area (Å²) in [4.78, 5) is 25.3. The predicted molar refractivity (Wildman–Crippen MR) is 81.9 cm³/mol. The van der Waals surface area contributed by atoms with Crippen LogP contribution in [0.25, 0.3) is 11.0 Å². The van der Waals surface area contributed by atoms with E-state index in [4.69, 9.17) is 4.42 Å². The summed E-state index contributed by atoms with van der Waals surface area (Å²) in [6, 6.07) is 7.41. The van der Waals surface area contributed by atoms with Crippen molar-refractivity contribution >= 4 is 28.3 Å². The first-order valence-corrected chi connectivity index (χ1v) is 6.95. The van der Waals surface area contributed by atoms with Gasteiger partial charge in [-0.15, -0.1) is 0 Å². The molecule has 1 fully saturated rings.